The Morgan fingerprint density at radius 1 is 1.37 bits per heavy atom. The number of aliphatic carboxylic acids is 1. The van der Waals surface area contributed by atoms with Gasteiger partial charge in [0.15, 0.2) is 0 Å². The first kappa shape index (κ1) is 14.8. The van der Waals surface area contributed by atoms with E-state index in [1.54, 1.807) is 31.2 Å². The van der Waals surface area contributed by atoms with E-state index in [2.05, 4.69) is 5.32 Å². The summed E-state index contributed by atoms with van der Waals surface area (Å²) in [7, 11) is 0. The van der Waals surface area contributed by atoms with Crippen LogP contribution in [-0.4, -0.2) is 23.1 Å². The van der Waals surface area contributed by atoms with Gasteiger partial charge in [0.2, 0.25) is 0 Å². The van der Waals surface area contributed by atoms with Crippen molar-refractivity contribution in [2.75, 3.05) is 5.32 Å². The van der Waals surface area contributed by atoms with E-state index in [4.69, 9.17) is 9.84 Å². The lowest BCUT2D eigenvalue weighted by atomic mass is 10.3. The first-order chi connectivity index (χ1) is 9.02. The van der Waals surface area contributed by atoms with E-state index in [1.807, 2.05) is 13.0 Å². The fourth-order valence-corrected chi connectivity index (χ4v) is 1.26. The maximum absolute atomic E-state index is 11.5. The summed E-state index contributed by atoms with van der Waals surface area (Å²) in [6.07, 6.45) is 1.38. The van der Waals surface area contributed by atoms with E-state index in [1.165, 1.54) is 0 Å². The number of carbonyl (C=O) groups is 2. The zero-order valence-electron chi connectivity index (χ0n) is 10.9. The van der Waals surface area contributed by atoms with Crippen LogP contribution in [0.1, 0.15) is 20.3 Å². The Hall–Kier alpha value is -2.30. The van der Waals surface area contributed by atoms with Gasteiger partial charge in [-0.25, -0.2) is 9.59 Å². The second-order valence-corrected chi connectivity index (χ2v) is 4.01. The molecular formula is C14H17NO4. The average molecular weight is 263 g/mol. The Kier molecular flexibility index (Phi) is 5.60. The predicted octanol–water partition coefficient (Wildman–Crippen LogP) is 2.41. The van der Waals surface area contributed by atoms with Gasteiger partial charge in [-0.05, 0) is 25.5 Å². The Morgan fingerprint density at radius 2 is 2.00 bits per heavy atom. The lowest BCUT2D eigenvalue weighted by Gasteiger charge is -2.10. The van der Waals surface area contributed by atoms with E-state index in [9.17, 15) is 9.59 Å². The van der Waals surface area contributed by atoms with Crippen molar-refractivity contribution in [1.29, 1.82) is 0 Å². The van der Waals surface area contributed by atoms with Crippen LogP contribution in [0.3, 0.4) is 0 Å². The number of rotatable bonds is 6. The van der Waals surface area contributed by atoms with E-state index in [-0.39, 0.29) is 11.8 Å². The molecule has 0 amide bonds. The van der Waals surface area contributed by atoms with Gasteiger partial charge in [-0.3, -0.25) is 0 Å². The van der Waals surface area contributed by atoms with Crippen LogP contribution >= 0.6 is 0 Å². The number of anilines is 1. The molecule has 0 spiro atoms. The summed E-state index contributed by atoms with van der Waals surface area (Å²) in [4.78, 5) is 22.6. The van der Waals surface area contributed by atoms with Gasteiger partial charge in [-0.15, -0.1) is 0 Å². The van der Waals surface area contributed by atoms with Crippen molar-refractivity contribution in [1.82, 2.24) is 0 Å². The van der Waals surface area contributed by atoms with Crippen LogP contribution in [0.2, 0.25) is 0 Å². The van der Waals surface area contributed by atoms with E-state index < -0.39 is 11.9 Å². The van der Waals surface area contributed by atoms with Gasteiger partial charge in [0.25, 0.3) is 0 Å². The summed E-state index contributed by atoms with van der Waals surface area (Å²) in [5.74, 6) is -1.89. The number of hydrogen-bond donors (Lipinski definition) is 2. The molecule has 0 bridgehead atoms. The highest BCUT2D eigenvalue weighted by Gasteiger charge is 2.12. The van der Waals surface area contributed by atoms with Crippen molar-refractivity contribution in [3.05, 3.63) is 42.1 Å². The quantitative estimate of drug-likeness (QED) is 0.609. The van der Waals surface area contributed by atoms with Gasteiger partial charge >= 0.3 is 11.9 Å². The molecule has 1 unspecified atom stereocenters. The summed E-state index contributed by atoms with van der Waals surface area (Å²) in [6, 6.07) is 8.75. The minimum Gasteiger partial charge on any atom is -0.477 e. The molecule has 5 nitrogen and oxygen atoms in total. The third kappa shape index (κ3) is 5.25. The van der Waals surface area contributed by atoms with Gasteiger partial charge in [-0.2, -0.15) is 0 Å². The predicted molar refractivity (Wildman–Crippen MR) is 71.6 cm³/mol. The number of benzene rings is 1. The molecule has 19 heavy (non-hydrogen) atoms. The van der Waals surface area contributed by atoms with Crippen LogP contribution in [0.25, 0.3) is 0 Å². The van der Waals surface area contributed by atoms with Gasteiger partial charge < -0.3 is 15.2 Å². The second-order valence-electron chi connectivity index (χ2n) is 4.01. The maximum Gasteiger partial charge on any atom is 0.352 e. The Labute approximate surface area is 111 Å². The van der Waals surface area contributed by atoms with Crippen molar-refractivity contribution in [3.8, 4) is 0 Å². The lowest BCUT2D eigenvalue weighted by molar-refractivity contribution is -0.143. The highest BCUT2D eigenvalue weighted by Crippen LogP contribution is 2.09. The third-order valence-electron chi connectivity index (χ3n) is 2.44. The summed E-state index contributed by atoms with van der Waals surface area (Å²) in [5, 5.41) is 11.7. The van der Waals surface area contributed by atoms with Gasteiger partial charge in [-0.1, -0.05) is 25.1 Å². The molecule has 0 aromatic heterocycles. The zero-order valence-corrected chi connectivity index (χ0v) is 10.9. The normalized spacial score (nSPS) is 12.6. The standard InChI is InChI=1S/C14H17NO4/c1-3-10(2)19-13(16)9-12(14(17)18)15-11-7-5-4-6-8-11/h4-10,15H,3H2,1-2H3,(H,17,18). The van der Waals surface area contributed by atoms with E-state index in [0.29, 0.717) is 12.1 Å². The zero-order chi connectivity index (χ0) is 14.3. The Bertz CT molecular complexity index is 468. The minimum absolute atomic E-state index is 0.223. The maximum atomic E-state index is 11.5. The van der Waals surface area contributed by atoms with Crippen LogP contribution in [0.4, 0.5) is 5.69 Å². The number of carboxylic acids is 1. The number of ether oxygens (including phenoxy) is 1. The molecule has 0 aliphatic carbocycles. The Balaban J connectivity index is 2.77. The number of carboxylic acid groups (broad SMARTS) is 1. The number of hydrogen-bond acceptors (Lipinski definition) is 4. The molecule has 5 heteroatoms. The van der Waals surface area contributed by atoms with Crippen LogP contribution in [-0.2, 0) is 14.3 Å². The lowest BCUT2D eigenvalue weighted by Crippen LogP contribution is -2.16. The van der Waals surface area contributed by atoms with Crippen molar-refractivity contribution < 1.29 is 19.4 Å². The molecule has 1 rings (SSSR count). The Morgan fingerprint density at radius 3 is 2.53 bits per heavy atom. The second kappa shape index (κ2) is 7.20. The summed E-state index contributed by atoms with van der Waals surface area (Å²) < 4.78 is 5.00. The highest BCUT2D eigenvalue weighted by atomic mass is 16.5. The smallest absolute Gasteiger partial charge is 0.352 e. The number of esters is 1. The topological polar surface area (TPSA) is 75.6 Å². The fourth-order valence-electron chi connectivity index (χ4n) is 1.26. The molecule has 0 saturated carbocycles. The first-order valence-electron chi connectivity index (χ1n) is 6.00. The molecule has 0 heterocycles. The van der Waals surface area contributed by atoms with Gasteiger partial charge in [0.1, 0.15) is 5.70 Å². The molecule has 1 atom stereocenters. The molecule has 0 fully saturated rings. The summed E-state index contributed by atoms with van der Waals surface area (Å²) in [5.41, 5.74) is 0.368. The van der Waals surface area contributed by atoms with Crippen molar-refractivity contribution in [2.45, 2.75) is 26.4 Å². The van der Waals surface area contributed by atoms with Crippen LogP contribution in [0.15, 0.2) is 42.1 Å². The molecule has 0 saturated heterocycles. The molecule has 2 N–H and O–H groups in total. The molecule has 0 aliphatic heterocycles. The number of carbonyl (C=O) groups excluding carboxylic acids is 1. The van der Waals surface area contributed by atoms with E-state index in [0.717, 1.165) is 6.08 Å². The number of para-hydroxylation sites is 1. The molecule has 0 aliphatic rings. The third-order valence-corrected chi connectivity index (χ3v) is 2.44. The van der Waals surface area contributed by atoms with Crippen molar-refractivity contribution in [2.24, 2.45) is 0 Å². The summed E-state index contributed by atoms with van der Waals surface area (Å²) in [6.45, 7) is 3.62. The monoisotopic (exact) mass is 263 g/mol. The van der Waals surface area contributed by atoms with Crippen molar-refractivity contribution >= 4 is 17.6 Å². The first-order valence-corrected chi connectivity index (χ1v) is 6.00. The minimum atomic E-state index is -1.22. The van der Waals surface area contributed by atoms with E-state index >= 15 is 0 Å². The highest BCUT2D eigenvalue weighted by molar-refractivity contribution is 5.97. The van der Waals surface area contributed by atoms with Gasteiger partial charge in [0, 0.05) is 5.69 Å². The molecule has 0 radical (unpaired) electrons. The molecule has 102 valence electrons. The molecule has 1 aromatic carbocycles. The molecule has 1 aromatic rings. The SMILES string of the molecule is CCC(C)OC(=O)C=C(Nc1ccccc1)C(=O)O. The summed E-state index contributed by atoms with van der Waals surface area (Å²) >= 11 is 0. The largest absolute Gasteiger partial charge is 0.477 e. The van der Waals surface area contributed by atoms with Crippen LogP contribution in [0, 0.1) is 0 Å². The van der Waals surface area contributed by atoms with Gasteiger partial charge in [0.05, 0.1) is 12.2 Å². The average Bonchev–Trinajstić information content (AvgIpc) is 2.38. The number of nitrogens with one attached hydrogen (secondary N) is 1. The molecular weight excluding hydrogens is 246 g/mol. The van der Waals surface area contributed by atoms with Crippen LogP contribution < -0.4 is 5.32 Å². The fraction of sp³-hybridized carbons (Fsp3) is 0.286. The van der Waals surface area contributed by atoms with Crippen molar-refractivity contribution in [3.63, 3.8) is 0 Å². The van der Waals surface area contributed by atoms with Crippen LogP contribution in [0.5, 0.6) is 0 Å².